The lowest BCUT2D eigenvalue weighted by atomic mass is 10.0. The first-order valence-corrected chi connectivity index (χ1v) is 10.0. The van der Waals surface area contributed by atoms with Crippen LogP contribution in [0.25, 0.3) is 5.69 Å². The largest absolute Gasteiger partial charge is 0.334 e. The Morgan fingerprint density at radius 1 is 0.967 bits per heavy atom. The van der Waals surface area contributed by atoms with E-state index >= 15 is 0 Å². The normalized spacial score (nSPS) is 15.0. The lowest BCUT2D eigenvalue weighted by Gasteiger charge is -2.29. The van der Waals surface area contributed by atoms with Gasteiger partial charge in [0.25, 0.3) is 17.0 Å². The van der Waals surface area contributed by atoms with Crippen molar-refractivity contribution >= 4 is 5.91 Å². The topological polar surface area (TPSA) is 75.2 Å². The molecule has 6 nitrogen and oxygen atoms in total. The molecule has 0 fully saturated rings. The zero-order valence-electron chi connectivity index (χ0n) is 16.3. The van der Waals surface area contributed by atoms with Crippen LogP contribution in [0, 0.1) is 5.82 Å². The second-order valence-electron chi connectivity index (χ2n) is 7.85. The monoisotopic (exact) mass is 405 g/mol. The Morgan fingerprint density at radius 3 is 2.57 bits per heavy atom. The molecule has 2 aromatic heterocycles. The molecule has 1 aliphatic carbocycles. The number of halogens is 1. The molecule has 0 atom stereocenters. The zero-order chi connectivity index (χ0) is 20.8. The highest BCUT2D eigenvalue weighted by Crippen LogP contribution is 2.22. The molecule has 5 rings (SSSR count). The number of carbonyl (C=O) groups excluding carboxylic acids is 1. The van der Waals surface area contributed by atoms with Crippen molar-refractivity contribution in [2.24, 2.45) is 0 Å². The summed E-state index contributed by atoms with van der Waals surface area (Å²) in [5.41, 5.74) is 3.90. The van der Waals surface area contributed by atoms with E-state index < -0.39 is 0 Å². The van der Waals surface area contributed by atoms with Crippen LogP contribution in [0.1, 0.15) is 39.2 Å². The molecule has 0 spiro atoms. The van der Waals surface area contributed by atoms with Gasteiger partial charge >= 0.3 is 0 Å². The summed E-state index contributed by atoms with van der Waals surface area (Å²) in [7, 11) is 0. The van der Waals surface area contributed by atoms with E-state index in [4.69, 9.17) is 0 Å². The van der Waals surface area contributed by atoms with Crippen LogP contribution in [0.5, 0.6) is 0 Å². The van der Waals surface area contributed by atoms with Crippen molar-refractivity contribution in [3.05, 3.63) is 97.1 Å². The molecule has 1 aromatic carbocycles. The number of benzene rings is 1. The Bertz CT molecular complexity index is 1270. The number of aromatic nitrogens is 2. The van der Waals surface area contributed by atoms with Gasteiger partial charge in [-0.1, -0.05) is 0 Å². The zero-order valence-corrected chi connectivity index (χ0v) is 16.3. The first-order valence-electron chi connectivity index (χ1n) is 10.0. The number of nitrogens with one attached hydrogen (secondary N) is 1. The Kier molecular flexibility index (Phi) is 4.38. The van der Waals surface area contributed by atoms with Crippen molar-refractivity contribution in [1.82, 2.24) is 14.5 Å². The summed E-state index contributed by atoms with van der Waals surface area (Å²) in [4.78, 5) is 42.5. The Balaban J connectivity index is 1.47. The molecule has 0 saturated carbocycles. The fourth-order valence-corrected chi connectivity index (χ4v) is 4.35. The molecule has 2 aliphatic rings. The van der Waals surface area contributed by atoms with Gasteiger partial charge in [-0.25, -0.2) is 4.39 Å². The van der Waals surface area contributed by atoms with Crippen LogP contribution in [0.4, 0.5) is 4.39 Å². The van der Waals surface area contributed by atoms with Gasteiger partial charge in [0.05, 0.1) is 0 Å². The third-order valence-electron chi connectivity index (χ3n) is 5.96. The predicted molar refractivity (Wildman–Crippen MR) is 110 cm³/mol. The van der Waals surface area contributed by atoms with E-state index in [0.29, 0.717) is 25.2 Å². The maximum absolute atomic E-state index is 13.2. The maximum Gasteiger partial charge on any atom is 0.261 e. The first kappa shape index (κ1) is 18.5. The number of nitrogens with zero attached hydrogens (tertiary/aromatic N) is 2. The second-order valence-corrected chi connectivity index (χ2v) is 7.85. The highest BCUT2D eigenvalue weighted by Gasteiger charge is 2.26. The number of pyridine rings is 2. The number of hydrogen-bond acceptors (Lipinski definition) is 3. The second kappa shape index (κ2) is 7.09. The van der Waals surface area contributed by atoms with E-state index in [2.05, 4.69) is 4.98 Å². The van der Waals surface area contributed by atoms with Gasteiger partial charge in [0, 0.05) is 36.7 Å². The minimum Gasteiger partial charge on any atom is -0.334 e. The smallest absolute Gasteiger partial charge is 0.261 e. The summed E-state index contributed by atoms with van der Waals surface area (Å²) < 4.78 is 14.7. The van der Waals surface area contributed by atoms with E-state index in [1.54, 1.807) is 35.4 Å². The number of carbonyl (C=O) groups is 1. The molecule has 0 radical (unpaired) electrons. The molecular formula is C23H20FN3O3. The standard InChI is InChI=1S/C23H20FN3O3/c24-17-4-6-18(7-5-17)27-13-16-12-26(9-8-14(16)11-21(27)28)23(30)19-10-15-2-1-3-20(15)25-22(19)29/h4-7,10-11,13H,1-3,8-9,12H2,(H,25,29). The molecule has 1 N–H and O–H groups in total. The van der Waals surface area contributed by atoms with Gasteiger partial charge in [0.2, 0.25) is 0 Å². The SMILES string of the molecule is O=C(c1cc2c([nH]c1=O)CCC2)N1CCc2cc(=O)n(-c3ccc(F)cc3)cc2C1. The summed E-state index contributed by atoms with van der Waals surface area (Å²) in [5, 5.41) is 0. The molecular weight excluding hydrogens is 385 g/mol. The van der Waals surface area contributed by atoms with E-state index in [-0.39, 0.29) is 28.4 Å². The average Bonchev–Trinajstić information content (AvgIpc) is 3.20. The summed E-state index contributed by atoms with van der Waals surface area (Å²) in [6, 6.07) is 8.99. The molecule has 7 heteroatoms. The summed E-state index contributed by atoms with van der Waals surface area (Å²) >= 11 is 0. The third-order valence-corrected chi connectivity index (χ3v) is 5.96. The summed E-state index contributed by atoms with van der Waals surface area (Å²) in [5.74, 6) is -0.669. The molecule has 30 heavy (non-hydrogen) atoms. The van der Waals surface area contributed by atoms with Crippen LogP contribution in [-0.2, 0) is 25.8 Å². The number of rotatable bonds is 2. The molecule has 0 saturated heterocycles. The number of aryl methyl sites for hydroxylation is 2. The van der Waals surface area contributed by atoms with Crippen LogP contribution in [-0.4, -0.2) is 26.9 Å². The fourth-order valence-electron chi connectivity index (χ4n) is 4.35. The van der Waals surface area contributed by atoms with Gasteiger partial charge in [0.1, 0.15) is 11.4 Å². The minimum absolute atomic E-state index is 0.172. The Labute approximate surface area is 171 Å². The van der Waals surface area contributed by atoms with Gasteiger partial charge in [-0.2, -0.15) is 0 Å². The molecule has 0 unspecified atom stereocenters. The number of amides is 1. The van der Waals surface area contributed by atoms with Crippen LogP contribution in [0.2, 0.25) is 0 Å². The van der Waals surface area contributed by atoms with Crippen molar-refractivity contribution in [2.75, 3.05) is 6.54 Å². The van der Waals surface area contributed by atoms with E-state index in [9.17, 15) is 18.8 Å². The Hall–Kier alpha value is -3.48. The highest BCUT2D eigenvalue weighted by molar-refractivity contribution is 5.94. The number of H-pyrrole nitrogens is 1. The molecule has 3 heterocycles. The predicted octanol–water partition coefficient (Wildman–Crippen LogP) is 2.35. The van der Waals surface area contributed by atoms with Crippen molar-refractivity contribution in [3.8, 4) is 5.69 Å². The number of hydrogen-bond donors (Lipinski definition) is 1. The molecule has 1 amide bonds. The van der Waals surface area contributed by atoms with E-state index in [1.807, 2.05) is 0 Å². The lowest BCUT2D eigenvalue weighted by Crippen LogP contribution is -2.39. The number of fused-ring (bicyclic) bond motifs is 2. The average molecular weight is 405 g/mol. The van der Waals surface area contributed by atoms with Crippen LogP contribution >= 0.6 is 0 Å². The minimum atomic E-state index is -0.374. The van der Waals surface area contributed by atoms with Crippen LogP contribution in [0.3, 0.4) is 0 Å². The summed E-state index contributed by atoms with van der Waals surface area (Å²) in [6.45, 7) is 0.758. The van der Waals surface area contributed by atoms with Crippen molar-refractivity contribution in [3.63, 3.8) is 0 Å². The molecule has 152 valence electrons. The molecule has 1 aliphatic heterocycles. The van der Waals surface area contributed by atoms with E-state index in [1.165, 1.54) is 16.7 Å². The quantitative estimate of drug-likeness (QED) is 0.711. The lowest BCUT2D eigenvalue weighted by molar-refractivity contribution is 0.0732. The van der Waals surface area contributed by atoms with Crippen molar-refractivity contribution < 1.29 is 9.18 Å². The fraction of sp³-hybridized carbons (Fsp3) is 0.261. The first-order chi connectivity index (χ1) is 14.5. The van der Waals surface area contributed by atoms with E-state index in [0.717, 1.165) is 41.6 Å². The van der Waals surface area contributed by atoms with Crippen LogP contribution in [0.15, 0.2) is 52.2 Å². The van der Waals surface area contributed by atoms with Gasteiger partial charge in [-0.3, -0.25) is 19.0 Å². The van der Waals surface area contributed by atoms with Gasteiger partial charge < -0.3 is 9.88 Å². The van der Waals surface area contributed by atoms with Gasteiger partial charge in [-0.05, 0) is 72.7 Å². The maximum atomic E-state index is 13.2. The van der Waals surface area contributed by atoms with Crippen molar-refractivity contribution in [2.45, 2.75) is 32.2 Å². The van der Waals surface area contributed by atoms with Gasteiger partial charge in [-0.15, -0.1) is 0 Å². The molecule has 0 bridgehead atoms. The highest BCUT2D eigenvalue weighted by atomic mass is 19.1. The van der Waals surface area contributed by atoms with Crippen molar-refractivity contribution in [1.29, 1.82) is 0 Å². The summed E-state index contributed by atoms with van der Waals surface area (Å²) in [6.07, 6.45) is 4.96. The molecule has 3 aromatic rings. The number of aromatic amines is 1. The van der Waals surface area contributed by atoms with Gasteiger partial charge in [0.15, 0.2) is 0 Å². The van der Waals surface area contributed by atoms with Crippen LogP contribution < -0.4 is 11.1 Å². The Morgan fingerprint density at radius 2 is 1.77 bits per heavy atom. The third kappa shape index (κ3) is 3.16.